The first kappa shape index (κ1) is 29.0. The van der Waals surface area contributed by atoms with Gasteiger partial charge >= 0.3 is 6.18 Å². The van der Waals surface area contributed by atoms with Gasteiger partial charge in [0.25, 0.3) is 0 Å². The molecule has 0 amide bonds. The van der Waals surface area contributed by atoms with Crippen LogP contribution in [0.25, 0.3) is 44.0 Å². The highest BCUT2D eigenvalue weighted by atomic mass is 32.2. The average molecular weight is 607 g/mol. The van der Waals surface area contributed by atoms with Crippen LogP contribution in [0.5, 0.6) is 5.75 Å². The number of halogens is 3. The number of aryl methyl sites for hydroxylation is 1. The minimum atomic E-state index is -4.72. The van der Waals surface area contributed by atoms with Crippen LogP contribution < -0.4 is 9.46 Å². The molecular weight excluding hydrogens is 577 g/mol. The van der Waals surface area contributed by atoms with Gasteiger partial charge in [-0.25, -0.2) is 13.4 Å². The summed E-state index contributed by atoms with van der Waals surface area (Å²) in [6.07, 6.45) is -0.507. The van der Waals surface area contributed by atoms with Gasteiger partial charge in [0.1, 0.15) is 17.9 Å². The molecule has 0 unspecified atom stereocenters. The molecule has 0 aliphatic heterocycles. The molecule has 0 saturated heterocycles. The number of ether oxygens (including phenoxy) is 1. The Morgan fingerprint density at radius 2 is 1.72 bits per heavy atom. The molecule has 1 aliphatic rings. The van der Waals surface area contributed by atoms with E-state index in [-0.39, 0.29) is 10.9 Å². The molecule has 1 saturated carbocycles. The molecule has 1 N–H and O–H groups in total. The van der Waals surface area contributed by atoms with Crippen molar-refractivity contribution in [2.24, 2.45) is 0 Å². The van der Waals surface area contributed by atoms with E-state index in [2.05, 4.69) is 16.7 Å². The molecule has 0 spiro atoms. The summed E-state index contributed by atoms with van der Waals surface area (Å²) in [7, 11) is -2.84. The van der Waals surface area contributed by atoms with Crippen LogP contribution in [0.1, 0.15) is 49.8 Å². The summed E-state index contributed by atoms with van der Waals surface area (Å²) in [6.45, 7) is 2.73. The number of benzene rings is 3. The van der Waals surface area contributed by atoms with Crippen molar-refractivity contribution in [1.29, 1.82) is 5.26 Å². The van der Waals surface area contributed by atoms with Crippen molar-refractivity contribution in [3.8, 4) is 23.1 Å². The molecule has 222 valence electrons. The lowest BCUT2D eigenvalue weighted by Gasteiger charge is -2.19. The van der Waals surface area contributed by atoms with E-state index in [1.807, 2.05) is 37.3 Å². The zero-order chi connectivity index (χ0) is 30.7. The van der Waals surface area contributed by atoms with Gasteiger partial charge in [0.15, 0.2) is 0 Å². The van der Waals surface area contributed by atoms with Crippen molar-refractivity contribution in [2.75, 3.05) is 7.11 Å². The van der Waals surface area contributed by atoms with E-state index in [4.69, 9.17) is 9.72 Å². The van der Waals surface area contributed by atoms with E-state index < -0.39 is 22.2 Å². The van der Waals surface area contributed by atoms with Crippen LogP contribution in [0.3, 0.4) is 0 Å². The zero-order valence-corrected chi connectivity index (χ0v) is 24.6. The molecule has 1 fully saturated rings. The number of pyridine rings is 1. The fourth-order valence-electron chi connectivity index (χ4n) is 6.08. The van der Waals surface area contributed by atoms with Crippen LogP contribution in [-0.2, 0) is 10.0 Å². The summed E-state index contributed by atoms with van der Waals surface area (Å²) in [4.78, 5) is 4.41. The number of nitriles is 1. The van der Waals surface area contributed by atoms with E-state index in [1.54, 1.807) is 11.8 Å². The van der Waals surface area contributed by atoms with Crippen LogP contribution in [0.15, 0.2) is 59.5 Å². The van der Waals surface area contributed by atoms with Gasteiger partial charge in [-0.15, -0.1) is 0 Å². The minimum Gasteiger partial charge on any atom is -0.496 e. The Labute approximate surface area is 246 Å². The quantitative estimate of drug-likeness (QED) is 0.202. The van der Waals surface area contributed by atoms with E-state index in [0.29, 0.717) is 27.7 Å². The van der Waals surface area contributed by atoms with Crippen LogP contribution in [0.2, 0.25) is 0 Å². The maximum absolute atomic E-state index is 13.0. The summed E-state index contributed by atoms with van der Waals surface area (Å²) in [6, 6.07) is 16.1. The molecule has 7 nitrogen and oxygen atoms in total. The lowest BCUT2D eigenvalue weighted by Crippen LogP contribution is -2.42. The lowest BCUT2D eigenvalue weighted by atomic mass is 10.0. The monoisotopic (exact) mass is 606 g/mol. The number of alkyl halides is 3. The molecule has 5 aromatic rings. The summed E-state index contributed by atoms with van der Waals surface area (Å²) in [5.74, 6) is 0.704. The Morgan fingerprint density at radius 3 is 2.37 bits per heavy atom. The lowest BCUT2D eigenvalue weighted by molar-refractivity contribution is -0.147. The molecule has 11 heteroatoms. The predicted octanol–water partition coefficient (Wildman–Crippen LogP) is 7.54. The largest absolute Gasteiger partial charge is 0.496 e. The smallest absolute Gasteiger partial charge is 0.404 e. The van der Waals surface area contributed by atoms with Gasteiger partial charge in [-0.1, -0.05) is 31.0 Å². The first-order valence-electron chi connectivity index (χ1n) is 14.0. The third-order valence-corrected chi connectivity index (χ3v) is 9.85. The summed E-state index contributed by atoms with van der Waals surface area (Å²) in [5.41, 5.74) is 4.96. The molecule has 2 heterocycles. The molecular formula is C32H29F3N4O3S. The first-order chi connectivity index (χ1) is 20.4. The van der Waals surface area contributed by atoms with Crippen molar-refractivity contribution >= 4 is 42.7 Å². The van der Waals surface area contributed by atoms with Gasteiger partial charge in [0.05, 0.1) is 39.8 Å². The van der Waals surface area contributed by atoms with Crippen LogP contribution >= 0.6 is 0 Å². The number of hydrogen-bond donors (Lipinski definition) is 1. The van der Waals surface area contributed by atoms with Gasteiger partial charge in [0, 0.05) is 27.8 Å². The van der Waals surface area contributed by atoms with Crippen LogP contribution in [0.4, 0.5) is 13.2 Å². The number of sulfonamides is 1. The molecule has 6 rings (SSSR count). The second-order valence-electron chi connectivity index (χ2n) is 11.1. The Bertz CT molecular complexity index is 2060. The number of methoxy groups -OCH3 is 1. The Hall–Kier alpha value is -4.14. The van der Waals surface area contributed by atoms with E-state index in [0.717, 1.165) is 65.7 Å². The summed E-state index contributed by atoms with van der Waals surface area (Å²) < 4.78 is 74.1. The Morgan fingerprint density at radius 1 is 1.05 bits per heavy atom. The van der Waals surface area contributed by atoms with Gasteiger partial charge in [0.2, 0.25) is 10.0 Å². The van der Waals surface area contributed by atoms with Crippen molar-refractivity contribution < 1.29 is 26.3 Å². The topological polar surface area (TPSA) is 97.0 Å². The Balaban J connectivity index is 1.52. The number of nitrogens with one attached hydrogen (secondary N) is 1. The van der Waals surface area contributed by atoms with Crippen LogP contribution in [0, 0.1) is 18.3 Å². The van der Waals surface area contributed by atoms with Gasteiger partial charge in [-0.05, 0) is 68.7 Å². The molecule has 0 radical (unpaired) electrons. The maximum atomic E-state index is 13.0. The highest BCUT2D eigenvalue weighted by Gasteiger charge is 2.39. The highest BCUT2D eigenvalue weighted by molar-refractivity contribution is 7.89. The minimum absolute atomic E-state index is 0.229. The van der Waals surface area contributed by atoms with Crippen molar-refractivity contribution in [2.45, 2.75) is 62.7 Å². The van der Waals surface area contributed by atoms with Gasteiger partial charge in [-0.3, -0.25) is 0 Å². The molecule has 0 bridgehead atoms. The summed E-state index contributed by atoms with van der Waals surface area (Å²) >= 11 is 0. The second kappa shape index (κ2) is 10.5. The Kier molecular flexibility index (Phi) is 7.10. The molecule has 2 aromatic heterocycles. The standard InChI is InChI=1S/C32H29F3N4O3S/c1-18-12-29-25(16-30(18)42-3)26(17-36)31(39(29)23-6-4-5-7-23)22-9-8-20-13-21-10-11-24(15-28(21)37-27(20)14-22)43(40,41)38-19(2)32(33,34)35/h8-16,19,23,38H,4-7H2,1-3H3/t19-/m0/s1. The number of aromatic nitrogens is 2. The number of nitrogens with zero attached hydrogens (tertiary/aromatic N) is 3. The van der Waals surface area contributed by atoms with Crippen molar-refractivity contribution in [3.63, 3.8) is 0 Å². The fourth-order valence-corrected chi connectivity index (χ4v) is 7.33. The maximum Gasteiger partial charge on any atom is 0.404 e. The average Bonchev–Trinajstić information content (AvgIpc) is 3.60. The van der Waals surface area contributed by atoms with E-state index >= 15 is 0 Å². The SMILES string of the molecule is COc1cc2c(C#N)c(-c3ccc4cc5ccc(S(=O)(=O)N[C@@H](C)C(F)(F)F)cc5nc4c3)n(C3CCCC3)c2cc1C. The predicted molar refractivity (Wildman–Crippen MR) is 160 cm³/mol. The van der Waals surface area contributed by atoms with Crippen molar-refractivity contribution in [3.05, 3.63) is 65.7 Å². The number of rotatable bonds is 6. The van der Waals surface area contributed by atoms with Gasteiger partial charge < -0.3 is 9.30 Å². The molecule has 1 atom stereocenters. The number of hydrogen-bond acceptors (Lipinski definition) is 5. The third kappa shape index (κ3) is 5.08. The fraction of sp³-hybridized carbons (Fsp3) is 0.312. The third-order valence-electron chi connectivity index (χ3n) is 8.31. The van der Waals surface area contributed by atoms with E-state index in [1.165, 1.54) is 18.2 Å². The normalized spacial score (nSPS) is 15.4. The molecule has 3 aromatic carbocycles. The molecule has 1 aliphatic carbocycles. The van der Waals surface area contributed by atoms with Gasteiger partial charge in [-0.2, -0.15) is 23.2 Å². The summed E-state index contributed by atoms with van der Waals surface area (Å²) in [5, 5.41) is 12.6. The zero-order valence-electron chi connectivity index (χ0n) is 23.8. The first-order valence-corrected chi connectivity index (χ1v) is 15.5. The molecule has 43 heavy (non-hydrogen) atoms. The number of fused-ring (bicyclic) bond motifs is 3. The van der Waals surface area contributed by atoms with E-state index in [9.17, 15) is 26.9 Å². The van der Waals surface area contributed by atoms with Crippen LogP contribution in [-0.4, -0.2) is 37.3 Å². The highest BCUT2D eigenvalue weighted by Crippen LogP contribution is 2.43. The van der Waals surface area contributed by atoms with Crippen molar-refractivity contribution in [1.82, 2.24) is 14.3 Å². The second-order valence-corrected chi connectivity index (χ2v) is 12.8.